The summed E-state index contributed by atoms with van der Waals surface area (Å²) < 4.78 is 3.94. The summed E-state index contributed by atoms with van der Waals surface area (Å²) in [6.07, 6.45) is 1.21. The fourth-order valence-electron chi connectivity index (χ4n) is 0.493. The Hall–Kier alpha value is -0.0800. The Labute approximate surface area is 51.2 Å². The van der Waals surface area contributed by atoms with Crippen LogP contribution >= 0.6 is 0 Å². The van der Waals surface area contributed by atoms with Gasteiger partial charge in [0.25, 0.3) is 0 Å². The Morgan fingerprint density at radius 3 is 2.62 bits per heavy atom. The molecule has 50 valence electrons. The van der Waals surface area contributed by atoms with E-state index >= 15 is 0 Å². The van der Waals surface area contributed by atoms with Crippen LogP contribution in [0.25, 0.3) is 0 Å². The monoisotopic (exact) mass is 118 g/mol. The second-order valence-corrected chi connectivity index (χ2v) is 1.79. The molecule has 0 aliphatic carbocycles. The third kappa shape index (κ3) is 5.92. The first-order valence-corrected chi connectivity index (χ1v) is 3.18. The molecule has 0 atom stereocenters. The smallest absolute Gasteiger partial charge is 0.157 e. The topological polar surface area (TPSA) is 24.8 Å². The lowest BCUT2D eigenvalue weighted by Gasteiger charge is -1.96. The van der Waals surface area contributed by atoms with Crippen molar-refractivity contribution in [2.75, 3.05) is 26.8 Å². The summed E-state index contributed by atoms with van der Waals surface area (Å²) >= 11 is 0. The molecule has 0 aliphatic rings. The molecule has 0 aromatic heterocycles. The summed E-state index contributed by atoms with van der Waals surface area (Å²) in [7, 11) is 1.84. The van der Waals surface area contributed by atoms with Crippen LogP contribution in [0.3, 0.4) is 0 Å². The van der Waals surface area contributed by atoms with Gasteiger partial charge in [0.15, 0.2) is 6.61 Å². The molecule has 2 N–H and O–H groups in total. The summed E-state index contributed by atoms with van der Waals surface area (Å²) in [5.74, 6) is 0. The largest absolute Gasteiger partial charge is 0.435 e. The van der Waals surface area contributed by atoms with Crippen molar-refractivity contribution in [3.63, 3.8) is 0 Å². The lowest BCUT2D eigenvalue weighted by molar-refractivity contribution is 0.0182. The van der Waals surface area contributed by atoms with E-state index in [0.29, 0.717) is 0 Å². The van der Waals surface area contributed by atoms with Crippen molar-refractivity contribution in [3.05, 3.63) is 0 Å². The number of nitrogens with one attached hydrogen (secondary N) is 1. The van der Waals surface area contributed by atoms with E-state index in [1.807, 2.05) is 7.11 Å². The number of rotatable bonds is 5. The van der Waals surface area contributed by atoms with Gasteiger partial charge in [-0.1, -0.05) is 6.92 Å². The molecular weight excluding hydrogens is 102 g/mol. The Morgan fingerprint density at radius 2 is 2.12 bits per heavy atom. The van der Waals surface area contributed by atoms with Gasteiger partial charge in [0, 0.05) is 0 Å². The van der Waals surface area contributed by atoms with Crippen LogP contribution in [0.2, 0.25) is 0 Å². The van der Waals surface area contributed by atoms with Crippen LogP contribution in [0.1, 0.15) is 13.3 Å². The van der Waals surface area contributed by atoms with Crippen molar-refractivity contribution >= 4 is 0 Å². The first-order chi connectivity index (χ1) is 3.91. The van der Waals surface area contributed by atoms with E-state index in [1.165, 1.54) is 6.42 Å². The minimum Gasteiger partial charge on any atom is -0.435 e. The van der Waals surface area contributed by atoms with Crippen molar-refractivity contribution in [3.8, 4) is 0 Å². The molecule has 8 heavy (non-hydrogen) atoms. The van der Waals surface area contributed by atoms with Gasteiger partial charge in [-0.25, -0.2) is 0 Å². The quantitative estimate of drug-likeness (QED) is 0.403. The highest BCUT2D eigenvalue weighted by Crippen LogP contribution is 1.67. The summed E-state index contributed by atoms with van der Waals surface area (Å²) in [4.78, 5) is 0. The van der Waals surface area contributed by atoms with Gasteiger partial charge in [-0.3, -0.25) is 0 Å². The number of ether oxygens (including phenoxy) is 1. The maximum absolute atomic E-state index is 3.94. The molecule has 0 unspecified atom stereocenters. The zero-order valence-electron chi connectivity index (χ0n) is 5.78. The number of aliphatic hydroxyl groups is 2. The Morgan fingerprint density at radius 1 is 1.38 bits per heavy atom. The molecule has 0 heterocycles. The minimum atomic E-state index is 0.944. The van der Waals surface area contributed by atoms with E-state index in [2.05, 4.69) is 17.0 Å². The summed E-state index contributed by atoms with van der Waals surface area (Å²) in [5.41, 5.74) is 0. The molecule has 0 spiro atoms. The average Bonchev–Trinajstić information content (AvgIpc) is 1.81. The van der Waals surface area contributed by atoms with E-state index in [4.69, 9.17) is 0 Å². The maximum atomic E-state index is 3.94. The molecule has 0 saturated heterocycles. The van der Waals surface area contributed by atoms with Gasteiger partial charge in [-0.2, -0.15) is 0 Å². The van der Waals surface area contributed by atoms with Gasteiger partial charge in [-0.05, 0) is 13.0 Å². The highest BCUT2D eigenvalue weighted by Gasteiger charge is 1.83. The molecule has 0 aromatic carbocycles. The predicted octanol–water partition coefficient (Wildman–Crippen LogP) is 0.144. The molecule has 0 rings (SSSR count). The summed E-state index contributed by atoms with van der Waals surface area (Å²) in [5, 5.41) is 3.24. The van der Waals surface area contributed by atoms with E-state index in [-0.39, 0.29) is 0 Å². The van der Waals surface area contributed by atoms with Crippen LogP contribution in [0.15, 0.2) is 0 Å². The molecule has 0 saturated carbocycles. The van der Waals surface area contributed by atoms with Crippen LogP contribution in [0, 0.1) is 0 Å². The molecule has 2 heteroatoms. The lowest BCUT2D eigenvalue weighted by atomic mass is 10.5. The Kier molecular flexibility index (Phi) is 6.85. The van der Waals surface area contributed by atoms with Gasteiger partial charge in [-0.15, -0.1) is 0 Å². The molecular formula is C6H16NO+. The Bertz CT molecular complexity index is 33.5. The third-order valence-corrected chi connectivity index (χ3v) is 0.939. The zero-order chi connectivity index (χ0) is 6.24. The van der Waals surface area contributed by atoms with Gasteiger partial charge in [0.05, 0.1) is 6.54 Å². The van der Waals surface area contributed by atoms with Crippen molar-refractivity contribution < 1.29 is 4.74 Å². The van der Waals surface area contributed by atoms with Crippen LogP contribution in [0.4, 0.5) is 0 Å². The minimum absolute atomic E-state index is 0.944. The predicted molar refractivity (Wildman–Crippen MR) is 36.2 cm³/mol. The molecule has 2 nitrogen and oxygen atoms in total. The average molecular weight is 118 g/mol. The number of hydrogen-bond acceptors (Lipinski definition) is 1. The summed E-state index contributed by atoms with van der Waals surface area (Å²) in [6.45, 7) is 5.26. The first-order valence-electron chi connectivity index (χ1n) is 3.18. The van der Waals surface area contributed by atoms with Crippen molar-refractivity contribution in [2.45, 2.75) is 13.3 Å². The van der Waals surface area contributed by atoms with Crippen molar-refractivity contribution in [1.29, 1.82) is 0 Å². The van der Waals surface area contributed by atoms with Gasteiger partial charge in [0.1, 0.15) is 7.11 Å². The third-order valence-electron chi connectivity index (χ3n) is 0.939. The molecule has 0 fully saturated rings. The SMILES string of the molecule is CCCNCC[OH+]C. The van der Waals surface area contributed by atoms with Crippen molar-refractivity contribution in [1.82, 2.24) is 5.32 Å². The van der Waals surface area contributed by atoms with Crippen LogP contribution < -0.4 is 5.32 Å². The zero-order valence-corrected chi connectivity index (χ0v) is 5.78. The normalized spacial score (nSPS) is 9.75. The van der Waals surface area contributed by atoms with Crippen molar-refractivity contribution in [2.24, 2.45) is 0 Å². The maximum Gasteiger partial charge on any atom is 0.157 e. The first kappa shape index (κ1) is 7.92. The highest BCUT2D eigenvalue weighted by atomic mass is 16.5. The van der Waals surface area contributed by atoms with E-state index in [9.17, 15) is 0 Å². The number of hydrogen-bond donors (Lipinski definition) is 1. The second kappa shape index (κ2) is 6.92. The standard InChI is InChI=1S/C6H15NO/c1-3-4-7-5-6-8-2/h7H,3-6H2,1-2H3/p+1. The highest BCUT2D eigenvalue weighted by molar-refractivity contribution is 4.40. The van der Waals surface area contributed by atoms with Crippen LogP contribution in [0.5, 0.6) is 0 Å². The molecule has 0 aromatic rings. The van der Waals surface area contributed by atoms with E-state index in [0.717, 1.165) is 19.7 Å². The molecule has 0 aliphatic heterocycles. The fourth-order valence-corrected chi connectivity index (χ4v) is 0.493. The molecule has 0 amide bonds. The van der Waals surface area contributed by atoms with Crippen LogP contribution in [-0.2, 0) is 0 Å². The molecule has 0 radical (unpaired) electrons. The van der Waals surface area contributed by atoms with Gasteiger partial charge >= 0.3 is 0 Å². The Balaban J connectivity index is 2.53. The van der Waals surface area contributed by atoms with Crippen LogP contribution in [-0.4, -0.2) is 31.5 Å². The summed E-state index contributed by atoms with van der Waals surface area (Å²) in [6, 6.07) is 0. The van der Waals surface area contributed by atoms with E-state index in [1.54, 1.807) is 0 Å². The second-order valence-electron chi connectivity index (χ2n) is 1.79. The lowest BCUT2D eigenvalue weighted by Crippen LogP contribution is -2.20. The van der Waals surface area contributed by atoms with Gasteiger partial charge in [0.2, 0.25) is 0 Å². The fraction of sp³-hybridized carbons (Fsp3) is 1.00. The molecule has 0 bridgehead atoms. The van der Waals surface area contributed by atoms with E-state index < -0.39 is 0 Å². The van der Waals surface area contributed by atoms with Gasteiger partial charge < -0.3 is 10.1 Å².